The van der Waals surface area contributed by atoms with E-state index in [9.17, 15) is 18.8 Å². The highest BCUT2D eigenvalue weighted by Gasteiger charge is 2.37. The van der Waals surface area contributed by atoms with Crippen LogP contribution in [0, 0.1) is 5.82 Å². The van der Waals surface area contributed by atoms with Crippen molar-refractivity contribution in [2.75, 3.05) is 11.5 Å². The first-order chi connectivity index (χ1) is 11.5. The Bertz CT molecular complexity index is 829. The molecular weight excluding hydrogens is 313 g/mol. The molecule has 3 rings (SSSR count). The average molecular weight is 327 g/mol. The number of imide groups is 1. The Morgan fingerprint density at radius 2 is 1.71 bits per heavy atom. The van der Waals surface area contributed by atoms with E-state index in [1.807, 2.05) is 6.92 Å². The van der Waals surface area contributed by atoms with Crippen LogP contribution in [-0.4, -0.2) is 24.4 Å². The van der Waals surface area contributed by atoms with Gasteiger partial charge in [0.2, 0.25) is 0 Å². The molecule has 1 aliphatic rings. The number of halogens is 1. The third-order valence-electron chi connectivity index (χ3n) is 3.64. The zero-order valence-electron chi connectivity index (χ0n) is 12.9. The van der Waals surface area contributed by atoms with E-state index < -0.39 is 23.6 Å². The average Bonchev–Trinajstić information content (AvgIpc) is 2.84. The number of anilines is 1. The lowest BCUT2D eigenvalue weighted by Crippen LogP contribution is -2.29. The van der Waals surface area contributed by atoms with Gasteiger partial charge in [0.05, 0.1) is 29.0 Å². The summed E-state index contributed by atoms with van der Waals surface area (Å²) in [5.74, 6) is -2.06. The summed E-state index contributed by atoms with van der Waals surface area (Å²) < 4.78 is 18.1. The molecule has 5 nitrogen and oxygen atoms in total. The van der Waals surface area contributed by atoms with E-state index in [2.05, 4.69) is 0 Å². The number of hydrogen-bond acceptors (Lipinski definition) is 4. The molecule has 0 fully saturated rings. The second-order valence-corrected chi connectivity index (χ2v) is 5.32. The summed E-state index contributed by atoms with van der Waals surface area (Å²) in [6.07, 6.45) is 0.687. The fraction of sp³-hybridized carbons (Fsp3) is 0.167. The molecule has 1 aliphatic heterocycles. The van der Waals surface area contributed by atoms with Crippen molar-refractivity contribution in [3.05, 3.63) is 65.0 Å². The summed E-state index contributed by atoms with van der Waals surface area (Å²) in [5, 5.41) is 0. The van der Waals surface area contributed by atoms with Crippen molar-refractivity contribution in [2.24, 2.45) is 0 Å². The summed E-state index contributed by atoms with van der Waals surface area (Å²) in [4.78, 5) is 37.9. The van der Waals surface area contributed by atoms with Gasteiger partial charge in [0.25, 0.3) is 11.8 Å². The second-order valence-electron chi connectivity index (χ2n) is 5.32. The largest absolute Gasteiger partial charge is 0.462 e. The molecule has 122 valence electrons. The molecule has 6 heteroatoms. The number of amides is 2. The van der Waals surface area contributed by atoms with Crippen LogP contribution in [0.5, 0.6) is 0 Å². The van der Waals surface area contributed by atoms with E-state index in [1.165, 1.54) is 42.5 Å². The first-order valence-corrected chi connectivity index (χ1v) is 7.48. The summed E-state index contributed by atoms with van der Waals surface area (Å²) in [7, 11) is 0. The van der Waals surface area contributed by atoms with Crippen LogP contribution in [0.4, 0.5) is 10.1 Å². The number of ether oxygens (including phenoxy) is 1. The number of hydrogen-bond donors (Lipinski definition) is 0. The molecule has 0 saturated heterocycles. The molecule has 0 bridgehead atoms. The molecule has 2 aromatic carbocycles. The highest BCUT2D eigenvalue weighted by atomic mass is 19.1. The molecule has 0 unspecified atom stereocenters. The molecule has 0 radical (unpaired) electrons. The van der Waals surface area contributed by atoms with E-state index >= 15 is 0 Å². The van der Waals surface area contributed by atoms with Gasteiger partial charge in [-0.3, -0.25) is 9.59 Å². The Hall–Kier alpha value is -3.02. The molecule has 2 aromatic rings. The van der Waals surface area contributed by atoms with Crippen molar-refractivity contribution in [3.8, 4) is 0 Å². The fourth-order valence-corrected chi connectivity index (χ4v) is 2.47. The quantitative estimate of drug-likeness (QED) is 0.639. The predicted octanol–water partition coefficient (Wildman–Crippen LogP) is 3.19. The Kier molecular flexibility index (Phi) is 4.12. The summed E-state index contributed by atoms with van der Waals surface area (Å²) in [6.45, 7) is 2.16. The van der Waals surface area contributed by atoms with Crippen LogP contribution in [0.2, 0.25) is 0 Å². The number of nitrogens with zero attached hydrogens (tertiary/aromatic N) is 1. The molecule has 0 N–H and O–H groups in total. The summed E-state index contributed by atoms with van der Waals surface area (Å²) in [6, 6.07) is 9.30. The van der Waals surface area contributed by atoms with Gasteiger partial charge in [-0.1, -0.05) is 6.92 Å². The van der Waals surface area contributed by atoms with Gasteiger partial charge in [-0.2, -0.15) is 0 Å². The van der Waals surface area contributed by atoms with Crippen molar-refractivity contribution < 1.29 is 23.5 Å². The van der Waals surface area contributed by atoms with Gasteiger partial charge in [0.15, 0.2) is 0 Å². The van der Waals surface area contributed by atoms with Gasteiger partial charge in [0, 0.05) is 0 Å². The van der Waals surface area contributed by atoms with Gasteiger partial charge < -0.3 is 4.74 Å². The number of fused-ring (bicyclic) bond motifs is 1. The van der Waals surface area contributed by atoms with Gasteiger partial charge in [0.1, 0.15) is 5.82 Å². The van der Waals surface area contributed by atoms with Gasteiger partial charge in [-0.25, -0.2) is 14.1 Å². The fourth-order valence-electron chi connectivity index (χ4n) is 2.47. The van der Waals surface area contributed by atoms with Crippen LogP contribution >= 0.6 is 0 Å². The van der Waals surface area contributed by atoms with Crippen molar-refractivity contribution in [1.29, 1.82) is 0 Å². The van der Waals surface area contributed by atoms with E-state index in [4.69, 9.17) is 4.74 Å². The first-order valence-electron chi connectivity index (χ1n) is 7.48. The van der Waals surface area contributed by atoms with Crippen LogP contribution in [-0.2, 0) is 4.74 Å². The van der Waals surface area contributed by atoms with Crippen LogP contribution in [0.3, 0.4) is 0 Å². The second kappa shape index (κ2) is 6.23. The van der Waals surface area contributed by atoms with Crippen molar-refractivity contribution >= 4 is 23.5 Å². The van der Waals surface area contributed by atoms with Gasteiger partial charge in [-0.15, -0.1) is 0 Å². The van der Waals surface area contributed by atoms with Crippen molar-refractivity contribution in [3.63, 3.8) is 0 Å². The smallest absolute Gasteiger partial charge is 0.338 e. The highest BCUT2D eigenvalue weighted by Crippen LogP contribution is 2.29. The Balaban J connectivity index is 1.94. The standard InChI is InChI=1S/C18H14FNO4/c1-2-9-24-18(23)11-3-8-14-15(10-11)17(22)20(16(14)21)13-6-4-12(19)5-7-13/h3-8,10H,2,9H2,1H3. The normalized spacial score (nSPS) is 13.2. The minimum atomic E-state index is -0.549. The minimum absolute atomic E-state index is 0.135. The highest BCUT2D eigenvalue weighted by molar-refractivity contribution is 6.34. The third-order valence-corrected chi connectivity index (χ3v) is 3.64. The van der Waals surface area contributed by atoms with Crippen LogP contribution < -0.4 is 4.90 Å². The number of carbonyl (C=O) groups is 3. The Morgan fingerprint density at radius 1 is 1.04 bits per heavy atom. The van der Waals surface area contributed by atoms with E-state index in [1.54, 1.807) is 0 Å². The molecule has 0 spiro atoms. The molecule has 24 heavy (non-hydrogen) atoms. The van der Waals surface area contributed by atoms with Crippen molar-refractivity contribution in [1.82, 2.24) is 0 Å². The minimum Gasteiger partial charge on any atom is -0.462 e. The maximum atomic E-state index is 13.0. The third kappa shape index (κ3) is 2.67. The maximum Gasteiger partial charge on any atom is 0.338 e. The molecular formula is C18H14FNO4. The van der Waals surface area contributed by atoms with Crippen LogP contribution in [0.25, 0.3) is 0 Å². The SMILES string of the molecule is CCCOC(=O)c1ccc2c(c1)C(=O)N(c1ccc(F)cc1)C2=O. The lowest BCUT2D eigenvalue weighted by Gasteiger charge is -2.13. The van der Waals surface area contributed by atoms with Crippen LogP contribution in [0.15, 0.2) is 42.5 Å². The van der Waals surface area contributed by atoms with E-state index in [0.717, 1.165) is 4.90 Å². The van der Waals surface area contributed by atoms with E-state index in [-0.39, 0.29) is 29.0 Å². The maximum absolute atomic E-state index is 13.0. The summed E-state index contributed by atoms with van der Waals surface area (Å²) >= 11 is 0. The molecule has 0 aliphatic carbocycles. The number of rotatable bonds is 4. The van der Waals surface area contributed by atoms with Gasteiger partial charge in [-0.05, 0) is 48.9 Å². The summed E-state index contributed by atoms with van der Waals surface area (Å²) in [5.41, 5.74) is 0.827. The number of carbonyl (C=O) groups excluding carboxylic acids is 3. The topological polar surface area (TPSA) is 63.7 Å². The van der Waals surface area contributed by atoms with Crippen molar-refractivity contribution in [2.45, 2.75) is 13.3 Å². The lowest BCUT2D eigenvalue weighted by atomic mass is 10.1. The molecule has 1 heterocycles. The molecule has 2 amide bonds. The Morgan fingerprint density at radius 3 is 2.38 bits per heavy atom. The zero-order chi connectivity index (χ0) is 17.3. The number of esters is 1. The number of benzene rings is 2. The predicted molar refractivity (Wildman–Crippen MR) is 84.6 cm³/mol. The monoisotopic (exact) mass is 327 g/mol. The van der Waals surface area contributed by atoms with E-state index in [0.29, 0.717) is 6.42 Å². The Labute approximate surface area is 137 Å². The van der Waals surface area contributed by atoms with Gasteiger partial charge >= 0.3 is 5.97 Å². The first kappa shape index (κ1) is 15.9. The van der Waals surface area contributed by atoms with Crippen LogP contribution in [0.1, 0.15) is 44.4 Å². The lowest BCUT2D eigenvalue weighted by molar-refractivity contribution is 0.0505. The molecule has 0 saturated carbocycles. The molecule has 0 atom stereocenters. The molecule has 0 aromatic heterocycles. The zero-order valence-corrected chi connectivity index (χ0v) is 12.9.